The highest BCUT2D eigenvalue weighted by molar-refractivity contribution is 5.13. The van der Waals surface area contributed by atoms with E-state index in [0.29, 0.717) is 13.2 Å². The molecule has 2 atom stereocenters. The predicted octanol–water partition coefficient (Wildman–Crippen LogP) is 0.569. The summed E-state index contributed by atoms with van der Waals surface area (Å²) in [7, 11) is 0. The summed E-state index contributed by atoms with van der Waals surface area (Å²) >= 11 is 0. The number of aliphatic hydroxyl groups is 1. The molecule has 112 valence electrons. The molecule has 0 aliphatic carbocycles. The number of aliphatic hydroxyl groups excluding tert-OH is 1. The Morgan fingerprint density at radius 3 is 2.80 bits per heavy atom. The largest absolute Gasteiger partial charge is 0.388 e. The van der Waals surface area contributed by atoms with E-state index in [4.69, 9.17) is 14.2 Å². The molecule has 1 fully saturated rings. The Bertz CT molecular complexity index is 354. The van der Waals surface area contributed by atoms with Crippen LogP contribution in [0.3, 0.4) is 0 Å². The molecule has 0 radical (unpaired) electrons. The minimum atomic E-state index is -0.602. The molecule has 1 heterocycles. The van der Waals surface area contributed by atoms with Gasteiger partial charge < -0.3 is 24.6 Å². The zero-order valence-electron chi connectivity index (χ0n) is 11.7. The standard InChI is InChI=1S/C15H23NO4/c17-14(10-18-9-13-4-2-1-3-5-13)11-19-12-15-8-16-6-7-20-15/h1-5,14-17H,6-12H2. The van der Waals surface area contributed by atoms with Gasteiger partial charge in [0.05, 0.1) is 39.1 Å². The minimum Gasteiger partial charge on any atom is -0.388 e. The number of ether oxygens (including phenoxy) is 3. The van der Waals surface area contributed by atoms with E-state index < -0.39 is 6.10 Å². The lowest BCUT2D eigenvalue weighted by Gasteiger charge is -2.23. The number of benzene rings is 1. The molecule has 2 unspecified atom stereocenters. The summed E-state index contributed by atoms with van der Waals surface area (Å²) in [6.45, 7) is 3.98. The fraction of sp³-hybridized carbons (Fsp3) is 0.600. The minimum absolute atomic E-state index is 0.0844. The molecule has 0 bridgehead atoms. The molecular formula is C15H23NO4. The summed E-state index contributed by atoms with van der Waals surface area (Å²) in [4.78, 5) is 0. The topological polar surface area (TPSA) is 60.0 Å². The monoisotopic (exact) mass is 281 g/mol. The van der Waals surface area contributed by atoms with E-state index in [2.05, 4.69) is 5.32 Å². The van der Waals surface area contributed by atoms with Crippen LogP contribution in [0, 0.1) is 0 Å². The fourth-order valence-corrected chi connectivity index (χ4v) is 2.00. The van der Waals surface area contributed by atoms with Gasteiger partial charge in [-0.2, -0.15) is 0 Å². The highest BCUT2D eigenvalue weighted by Crippen LogP contribution is 2.02. The maximum absolute atomic E-state index is 9.75. The van der Waals surface area contributed by atoms with Crippen LogP contribution in [0.15, 0.2) is 30.3 Å². The maximum Gasteiger partial charge on any atom is 0.101 e. The molecule has 0 amide bonds. The highest BCUT2D eigenvalue weighted by Gasteiger charge is 2.14. The fourth-order valence-electron chi connectivity index (χ4n) is 2.00. The average Bonchev–Trinajstić information content (AvgIpc) is 2.49. The van der Waals surface area contributed by atoms with Crippen molar-refractivity contribution in [3.63, 3.8) is 0 Å². The maximum atomic E-state index is 9.75. The van der Waals surface area contributed by atoms with E-state index in [1.54, 1.807) is 0 Å². The van der Waals surface area contributed by atoms with Crippen molar-refractivity contribution in [2.75, 3.05) is 39.5 Å². The van der Waals surface area contributed by atoms with Crippen molar-refractivity contribution < 1.29 is 19.3 Å². The van der Waals surface area contributed by atoms with E-state index in [-0.39, 0.29) is 19.3 Å². The molecule has 5 nitrogen and oxygen atoms in total. The van der Waals surface area contributed by atoms with Crippen molar-refractivity contribution in [1.82, 2.24) is 5.32 Å². The lowest BCUT2D eigenvalue weighted by atomic mass is 10.2. The molecule has 2 rings (SSSR count). The van der Waals surface area contributed by atoms with Gasteiger partial charge in [-0.1, -0.05) is 30.3 Å². The van der Waals surface area contributed by atoms with Gasteiger partial charge in [0.2, 0.25) is 0 Å². The van der Waals surface area contributed by atoms with Gasteiger partial charge >= 0.3 is 0 Å². The van der Waals surface area contributed by atoms with Gasteiger partial charge in [0, 0.05) is 13.1 Å². The molecular weight excluding hydrogens is 258 g/mol. The first kappa shape index (κ1) is 15.4. The van der Waals surface area contributed by atoms with Crippen LogP contribution in [0.4, 0.5) is 0 Å². The molecule has 0 saturated carbocycles. The molecule has 1 aromatic rings. The van der Waals surface area contributed by atoms with Gasteiger partial charge in [-0.3, -0.25) is 0 Å². The Labute approximate surface area is 119 Å². The van der Waals surface area contributed by atoms with Crippen LogP contribution in [0.5, 0.6) is 0 Å². The van der Waals surface area contributed by atoms with E-state index in [9.17, 15) is 5.11 Å². The summed E-state index contributed by atoms with van der Waals surface area (Å²) in [5, 5.41) is 13.0. The molecule has 1 aliphatic rings. The van der Waals surface area contributed by atoms with Crippen molar-refractivity contribution in [3.05, 3.63) is 35.9 Å². The summed E-state index contributed by atoms with van der Waals surface area (Å²) in [6.07, 6.45) is -0.517. The molecule has 1 aliphatic heterocycles. The van der Waals surface area contributed by atoms with Crippen molar-refractivity contribution in [3.8, 4) is 0 Å². The zero-order chi connectivity index (χ0) is 14.0. The Morgan fingerprint density at radius 1 is 1.25 bits per heavy atom. The Morgan fingerprint density at radius 2 is 2.05 bits per heavy atom. The second-order valence-electron chi connectivity index (χ2n) is 4.89. The summed E-state index contributed by atoms with van der Waals surface area (Å²) < 4.78 is 16.4. The average molecular weight is 281 g/mol. The number of nitrogens with one attached hydrogen (secondary N) is 1. The van der Waals surface area contributed by atoms with Crippen LogP contribution in [0.2, 0.25) is 0 Å². The van der Waals surface area contributed by atoms with Crippen LogP contribution >= 0.6 is 0 Å². The number of morpholine rings is 1. The van der Waals surface area contributed by atoms with Crippen molar-refractivity contribution in [1.29, 1.82) is 0 Å². The molecule has 2 N–H and O–H groups in total. The Kier molecular flexibility index (Phi) is 6.97. The summed E-state index contributed by atoms with van der Waals surface area (Å²) in [5.74, 6) is 0. The first-order chi connectivity index (χ1) is 9.84. The lowest BCUT2D eigenvalue weighted by Crippen LogP contribution is -2.41. The lowest BCUT2D eigenvalue weighted by molar-refractivity contribution is -0.0652. The summed E-state index contributed by atoms with van der Waals surface area (Å²) in [5.41, 5.74) is 1.10. The van der Waals surface area contributed by atoms with Gasteiger partial charge in [0.25, 0.3) is 0 Å². The number of hydrogen-bond acceptors (Lipinski definition) is 5. The third-order valence-corrected chi connectivity index (χ3v) is 3.04. The molecule has 0 spiro atoms. The smallest absolute Gasteiger partial charge is 0.101 e. The third kappa shape index (κ3) is 5.98. The van der Waals surface area contributed by atoms with Crippen LogP contribution < -0.4 is 5.32 Å². The molecule has 0 aromatic heterocycles. The van der Waals surface area contributed by atoms with Crippen molar-refractivity contribution in [2.45, 2.75) is 18.8 Å². The van der Waals surface area contributed by atoms with Gasteiger partial charge in [0.1, 0.15) is 6.10 Å². The Balaban J connectivity index is 1.50. The normalized spacial score (nSPS) is 20.8. The van der Waals surface area contributed by atoms with E-state index in [0.717, 1.165) is 25.3 Å². The van der Waals surface area contributed by atoms with Crippen LogP contribution in [-0.2, 0) is 20.8 Å². The Hall–Kier alpha value is -0.980. The van der Waals surface area contributed by atoms with E-state index in [1.165, 1.54) is 0 Å². The number of hydrogen-bond donors (Lipinski definition) is 2. The van der Waals surface area contributed by atoms with E-state index in [1.807, 2.05) is 30.3 Å². The summed E-state index contributed by atoms with van der Waals surface area (Å²) in [6, 6.07) is 9.90. The van der Waals surface area contributed by atoms with Gasteiger partial charge in [-0.15, -0.1) is 0 Å². The molecule has 1 saturated heterocycles. The van der Waals surface area contributed by atoms with Gasteiger partial charge in [0.15, 0.2) is 0 Å². The van der Waals surface area contributed by atoms with Crippen LogP contribution in [0.25, 0.3) is 0 Å². The second-order valence-corrected chi connectivity index (χ2v) is 4.89. The van der Waals surface area contributed by atoms with Gasteiger partial charge in [-0.05, 0) is 5.56 Å². The van der Waals surface area contributed by atoms with Crippen molar-refractivity contribution >= 4 is 0 Å². The SMILES string of the molecule is OC(COCc1ccccc1)COCC1CNCCO1. The zero-order valence-corrected chi connectivity index (χ0v) is 11.7. The molecule has 1 aromatic carbocycles. The van der Waals surface area contributed by atoms with E-state index >= 15 is 0 Å². The first-order valence-corrected chi connectivity index (χ1v) is 7.04. The number of rotatable bonds is 8. The highest BCUT2D eigenvalue weighted by atomic mass is 16.5. The first-order valence-electron chi connectivity index (χ1n) is 7.04. The van der Waals surface area contributed by atoms with Gasteiger partial charge in [-0.25, -0.2) is 0 Å². The van der Waals surface area contributed by atoms with Crippen LogP contribution in [0.1, 0.15) is 5.56 Å². The quantitative estimate of drug-likeness (QED) is 0.729. The third-order valence-electron chi connectivity index (χ3n) is 3.04. The van der Waals surface area contributed by atoms with Crippen LogP contribution in [-0.4, -0.2) is 56.8 Å². The second kappa shape index (κ2) is 9.05. The van der Waals surface area contributed by atoms with Crippen molar-refractivity contribution in [2.24, 2.45) is 0 Å². The molecule has 5 heteroatoms. The predicted molar refractivity (Wildman–Crippen MR) is 75.5 cm³/mol. The molecule has 20 heavy (non-hydrogen) atoms.